The summed E-state index contributed by atoms with van der Waals surface area (Å²) in [5, 5.41) is 0. The van der Waals surface area contributed by atoms with E-state index in [9.17, 15) is 0 Å². The highest BCUT2D eigenvalue weighted by atomic mass is 79.9. The molecule has 1 aromatic rings. The third kappa shape index (κ3) is 2.29. The van der Waals surface area contributed by atoms with Crippen molar-refractivity contribution in [1.82, 2.24) is 0 Å². The number of hydrogen-bond acceptors (Lipinski definition) is 2. The van der Waals surface area contributed by atoms with Crippen molar-refractivity contribution in [3.63, 3.8) is 0 Å². The molecule has 0 fully saturated rings. The van der Waals surface area contributed by atoms with E-state index in [1.807, 2.05) is 18.2 Å². The van der Waals surface area contributed by atoms with E-state index >= 15 is 0 Å². The molecule has 0 amide bonds. The van der Waals surface area contributed by atoms with Gasteiger partial charge >= 0.3 is 0 Å². The van der Waals surface area contributed by atoms with Gasteiger partial charge < -0.3 is 9.47 Å². The van der Waals surface area contributed by atoms with Crippen molar-refractivity contribution in [2.75, 3.05) is 14.2 Å². The van der Waals surface area contributed by atoms with Crippen LogP contribution in [0.4, 0.5) is 0 Å². The quantitative estimate of drug-likeness (QED) is 0.771. The molecule has 0 aliphatic heterocycles. The fraction of sp³-hybridized carbons (Fsp3) is 0.273. The van der Waals surface area contributed by atoms with Crippen LogP contribution in [-0.4, -0.2) is 14.2 Å². The number of methoxy groups -OCH3 is 2. The molecule has 76 valence electrons. The lowest BCUT2D eigenvalue weighted by atomic mass is 10.1. The van der Waals surface area contributed by atoms with Crippen LogP contribution in [-0.2, 0) is 6.42 Å². The van der Waals surface area contributed by atoms with Gasteiger partial charge in [-0.3, -0.25) is 0 Å². The predicted octanol–water partition coefficient (Wildman–Crippen LogP) is 3.19. The smallest absolute Gasteiger partial charge is 0.136 e. The molecule has 0 aliphatic rings. The largest absolute Gasteiger partial charge is 0.496 e. The zero-order valence-electron chi connectivity index (χ0n) is 8.34. The Bertz CT molecular complexity index is 334. The maximum Gasteiger partial charge on any atom is 0.136 e. The van der Waals surface area contributed by atoms with E-state index in [0.717, 1.165) is 28.0 Å². The molecule has 2 nitrogen and oxygen atoms in total. The molecule has 0 unspecified atom stereocenters. The first-order chi connectivity index (χ1) is 6.72. The van der Waals surface area contributed by atoms with Gasteiger partial charge in [0.1, 0.15) is 11.5 Å². The zero-order chi connectivity index (χ0) is 10.6. The van der Waals surface area contributed by atoms with Gasteiger partial charge in [0, 0.05) is 6.07 Å². The first kappa shape index (κ1) is 11.1. The van der Waals surface area contributed by atoms with Crippen molar-refractivity contribution >= 4 is 15.9 Å². The molecular formula is C11H13BrO2. The lowest BCUT2D eigenvalue weighted by molar-refractivity contribution is 0.390. The van der Waals surface area contributed by atoms with Gasteiger partial charge in [0.2, 0.25) is 0 Å². The fourth-order valence-corrected chi connectivity index (χ4v) is 1.79. The highest BCUT2D eigenvalue weighted by Gasteiger charge is 2.07. The lowest BCUT2D eigenvalue weighted by Gasteiger charge is -2.10. The van der Waals surface area contributed by atoms with Crippen molar-refractivity contribution in [2.24, 2.45) is 0 Å². The maximum atomic E-state index is 5.25. The summed E-state index contributed by atoms with van der Waals surface area (Å²) in [5.41, 5.74) is 1.09. The number of rotatable bonds is 4. The molecule has 1 rings (SSSR count). The molecule has 0 radical (unpaired) electrons. The second-order valence-electron chi connectivity index (χ2n) is 2.79. The van der Waals surface area contributed by atoms with Gasteiger partial charge in [0.25, 0.3) is 0 Å². The molecular weight excluding hydrogens is 244 g/mol. The minimum Gasteiger partial charge on any atom is -0.496 e. The van der Waals surface area contributed by atoms with Crippen molar-refractivity contribution in [2.45, 2.75) is 6.42 Å². The molecule has 0 aliphatic carbocycles. The van der Waals surface area contributed by atoms with E-state index in [-0.39, 0.29) is 0 Å². The van der Waals surface area contributed by atoms with E-state index in [4.69, 9.17) is 9.47 Å². The fourth-order valence-electron chi connectivity index (χ4n) is 1.24. The zero-order valence-corrected chi connectivity index (χ0v) is 9.93. The Morgan fingerprint density at radius 3 is 2.43 bits per heavy atom. The van der Waals surface area contributed by atoms with Crippen LogP contribution in [0.2, 0.25) is 0 Å². The SMILES string of the molecule is C=CCc1cc(Br)c(OC)cc1OC. The van der Waals surface area contributed by atoms with Gasteiger partial charge in [0.15, 0.2) is 0 Å². The number of ether oxygens (including phenoxy) is 2. The molecule has 0 N–H and O–H groups in total. The Hall–Kier alpha value is -0.960. The highest BCUT2D eigenvalue weighted by Crippen LogP contribution is 2.33. The Morgan fingerprint density at radius 1 is 1.29 bits per heavy atom. The van der Waals surface area contributed by atoms with Crippen LogP contribution in [0.15, 0.2) is 29.3 Å². The van der Waals surface area contributed by atoms with E-state index < -0.39 is 0 Å². The first-order valence-electron chi connectivity index (χ1n) is 4.24. The number of benzene rings is 1. The Balaban J connectivity index is 3.16. The molecule has 0 aromatic heterocycles. The minimum atomic E-state index is 0.773. The van der Waals surface area contributed by atoms with Gasteiger partial charge in [-0.15, -0.1) is 6.58 Å². The van der Waals surface area contributed by atoms with Crippen LogP contribution in [0, 0.1) is 0 Å². The minimum absolute atomic E-state index is 0.773. The summed E-state index contributed by atoms with van der Waals surface area (Å²) in [6.07, 6.45) is 2.63. The molecule has 0 saturated carbocycles. The van der Waals surface area contributed by atoms with Crippen LogP contribution in [0.3, 0.4) is 0 Å². The third-order valence-electron chi connectivity index (χ3n) is 1.92. The molecule has 1 aromatic carbocycles. The summed E-state index contributed by atoms with van der Waals surface area (Å²) in [6.45, 7) is 3.70. The Labute approximate surface area is 92.7 Å². The third-order valence-corrected chi connectivity index (χ3v) is 2.54. The summed E-state index contributed by atoms with van der Waals surface area (Å²) >= 11 is 3.43. The summed E-state index contributed by atoms with van der Waals surface area (Å²) in [7, 11) is 3.28. The van der Waals surface area contributed by atoms with Crippen LogP contribution in [0.25, 0.3) is 0 Å². The second kappa shape index (κ2) is 5.05. The first-order valence-corrected chi connectivity index (χ1v) is 5.03. The van der Waals surface area contributed by atoms with Crippen molar-refractivity contribution in [3.8, 4) is 11.5 Å². The van der Waals surface area contributed by atoms with Crippen molar-refractivity contribution in [3.05, 3.63) is 34.8 Å². The summed E-state index contributed by atoms with van der Waals surface area (Å²) in [6, 6.07) is 3.85. The van der Waals surface area contributed by atoms with Gasteiger partial charge in [-0.05, 0) is 34.0 Å². The molecule has 3 heteroatoms. The van der Waals surface area contributed by atoms with E-state index in [0.29, 0.717) is 0 Å². The molecule has 0 bridgehead atoms. The summed E-state index contributed by atoms with van der Waals surface area (Å²) in [4.78, 5) is 0. The monoisotopic (exact) mass is 256 g/mol. The Morgan fingerprint density at radius 2 is 1.93 bits per heavy atom. The van der Waals surface area contributed by atoms with Gasteiger partial charge in [0.05, 0.1) is 18.7 Å². The van der Waals surface area contributed by atoms with E-state index in [2.05, 4.69) is 22.5 Å². The van der Waals surface area contributed by atoms with Crippen LogP contribution in [0.1, 0.15) is 5.56 Å². The normalized spacial score (nSPS) is 9.64. The van der Waals surface area contributed by atoms with Crippen molar-refractivity contribution < 1.29 is 9.47 Å². The number of hydrogen-bond donors (Lipinski definition) is 0. The van der Waals surface area contributed by atoms with Crippen molar-refractivity contribution in [1.29, 1.82) is 0 Å². The van der Waals surface area contributed by atoms with E-state index in [1.54, 1.807) is 14.2 Å². The second-order valence-corrected chi connectivity index (χ2v) is 3.65. The van der Waals surface area contributed by atoms with Crippen LogP contribution >= 0.6 is 15.9 Å². The van der Waals surface area contributed by atoms with Gasteiger partial charge in [-0.2, -0.15) is 0 Å². The predicted molar refractivity (Wildman–Crippen MR) is 61.1 cm³/mol. The topological polar surface area (TPSA) is 18.5 Å². The van der Waals surface area contributed by atoms with Crippen LogP contribution in [0.5, 0.6) is 11.5 Å². The standard InChI is InChI=1S/C11H13BrO2/c1-4-5-8-6-9(12)11(14-3)7-10(8)13-2/h4,6-7H,1,5H2,2-3H3. The highest BCUT2D eigenvalue weighted by molar-refractivity contribution is 9.10. The van der Waals surface area contributed by atoms with E-state index in [1.165, 1.54) is 0 Å². The number of halogens is 1. The number of allylic oxidation sites excluding steroid dienone is 1. The van der Waals surface area contributed by atoms with Crippen LogP contribution < -0.4 is 9.47 Å². The molecule has 14 heavy (non-hydrogen) atoms. The molecule has 0 atom stereocenters. The van der Waals surface area contributed by atoms with Gasteiger partial charge in [-0.25, -0.2) is 0 Å². The molecule has 0 heterocycles. The summed E-state index contributed by atoms with van der Waals surface area (Å²) in [5.74, 6) is 1.60. The molecule has 0 spiro atoms. The summed E-state index contributed by atoms with van der Waals surface area (Å²) < 4.78 is 11.3. The average Bonchev–Trinajstić information content (AvgIpc) is 2.19. The lowest BCUT2D eigenvalue weighted by Crippen LogP contribution is -1.93. The van der Waals surface area contributed by atoms with Gasteiger partial charge in [-0.1, -0.05) is 6.08 Å². The average molecular weight is 257 g/mol. The Kier molecular flexibility index (Phi) is 4.01. The maximum absolute atomic E-state index is 5.25. The molecule has 0 saturated heterocycles.